The summed E-state index contributed by atoms with van der Waals surface area (Å²) >= 11 is 4.44. The third-order valence-electron chi connectivity index (χ3n) is 5.51. The summed E-state index contributed by atoms with van der Waals surface area (Å²) in [6.07, 6.45) is 1.60. The molecule has 0 radical (unpaired) electrons. The molecule has 0 saturated heterocycles. The van der Waals surface area contributed by atoms with E-state index < -0.39 is 5.91 Å². The molecule has 180 valence electrons. The third-order valence-corrected chi connectivity index (χ3v) is 7.11. The summed E-state index contributed by atoms with van der Waals surface area (Å²) in [5.74, 6) is 1.11. The summed E-state index contributed by atoms with van der Waals surface area (Å²) in [5, 5.41) is 14.8. The van der Waals surface area contributed by atoms with Gasteiger partial charge in [0.1, 0.15) is 29.7 Å². The fourth-order valence-corrected chi connectivity index (χ4v) is 5.75. The molecule has 0 aliphatic carbocycles. The quantitative estimate of drug-likeness (QED) is 0.124. The summed E-state index contributed by atoms with van der Waals surface area (Å²) in [5.41, 5.74) is 2.81. The van der Waals surface area contributed by atoms with Crippen molar-refractivity contribution in [1.82, 2.24) is 5.32 Å². The highest BCUT2D eigenvalue weighted by molar-refractivity contribution is 14.1. The van der Waals surface area contributed by atoms with Crippen LogP contribution in [0, 0.1) is 18.5 Å². The third kappa shape index (κ3) is 6.56. The lowest BCUT2D eigenvalue weighted by atomic mass is 10.1. The molecule has 4 aromatic carbocycles. The van der Waals surface area contributed by atoms with Crippen molar-refractivity contribution in [3.63, 3.8) is 0 Å². The van der Waals surface area contributed by atoms with Gasteiger partial charge in [0.25, 0.3) is 5.91 Å². The van der Waals surface area contributed by atoms with Crippen LogP contribution in [0.5, 0.6) is 11.5 Å². The zero-order chi connectivity index (χ0) is 25.5. The van der Waals surface area contributed by atoms with E-state index in [0.717, 1.165) is 35.3 Å². The second-order valence-electron chi connectivity index (χ2n) is 7.98. The number of amides is 1. The number of methoxy groups -OCH3 is 1. The Balaban J connectivity index is 1.44. The van der Waals surface area contributed by atoms with Crippen LogP contribution in [0.2, 0.25) is 0 Å². The minimum Gasteiger partial charge on any atom is -0.497 e. The largest absolute Gasteiger partial charge is 0.497 e. The number of nitriles is 1. The van der Waals surface area contributed by atoms with Gasteiger partial charge in [0.2, 0.25) is 0 Å². The second kappa shape index (κ2) is 12.2. The molecule has 0 saturated carbocycles. The van der Waals surface area contributed by atoms with Crippen molar-refractivity contribution in [1.29, 1.82) is 5.26 Å². The van der Waals surface area contributed by atoms with E-state index in [-0.39, 0.29) is 5.57 Å². The predicted octanol–water partition coefficient (Wildman–Crippen LogP) is 6.86. The second-order valence-corrected chi connectivity index (χ2v) is 10.3. The van der Waals surface area contributed by atoms with Gasteiger partial charge in [-0.2, -0.15) is 5.26 Å². The molecule has 0 heterocycles. The first-order valence-electron chi connectivity index (χ1n) is 11.1. The van der Waals surface area contributed by atoms with Crippen LogP contribution in [0.3, 0.4) is 0 Å². The van der Waals surface area contributed by atoms with Crippen LogP contribution in [0.15, 0.2) is 84.4 Å². The molecule has 4 aromatic rings. The smallest absolute Gasteiger partial charge is 0.262 e. The lowest BCUT2D eigenvalue weighted by Crippen LogP contribution is -2.23. The first kappa shape index (κ1) is 26.0. The van der Waals surface area contributed by atoms with Gasteiger partial charge in [0, 0.05) is 6.54 Å². The molecule has 1 N–H and O–H groups in total. The van der Waals surface area contributed by atoms with Crippen molar-refractivity contribution in [3.8, 4) is 17.6 Å². The Bertz CT molecular complexity index is 1450. The summed E-state index contributed by atoms with van der Waals surface area (Å²) in [6, 6.07) is 27.8. The van der Waals surface area contributed by atoms with Gasteiger partial charge in [-0.1, -0.05) is 48.5 Å². The van der Waals surface area contributed by atoms with E-state index in [9.17, 15) is 10.1 Å². The predicted molar refractivity (Wildman–Crippen MR) is 159 cm³/mol. The molecule has 0 aliphatic rings. The average Bonchev–Trinajstić information content (AvgIpc) is 2.90. The summed E-state index contributed by atoms with van der Waals surface area (Å²) < 4.78 is 13.1. The fraction of sp³-hybridized carbons (Fsp3) is 0.103. The normalized spacial score (nSPS) is 11.1. The van der Waals surface area contributed by atoms with Crippen molar-refractivity contribution < 1.29 is 14.3 Å². The zero-order valence-electron chi connectivity index (χ0n) is 19.4. The zero-order valence-corrected chi connectivity index (χ0v) is 23.7. The number of hydrogen-bond acceptors (Lipinski definition) is 4. The molecular formula is C29H22I2N2O3. The van der Waals surface area contributed by atoms with E-state index in [0.29, 0.717) is 13.2 Å². The first-order chi connectivity index (χ1) is 17.5. The number of nitrogens with one attached hydrogen (secondary N) is 1. The van der Waals surface area contributed by atoms with Gasteiger partial charge in [-0.15, -0.1) is 0 Å². The number of nitrogens with zero attached hydrogens (tertiary/aromatic N) is 1. The summed E-state index contributed by atoms with van der Waals surface area (Å²) in [4.78, 5) is 12.6. The number of ether oxygens (including phenoxy) is 2. The molecule has 7 heteroatoms. The standard InChI is InChI=1S/C29H22I2N2O3/c1-35-25-10-7-19(8-11-25)17-33-29(34)24(16-32)13-21-14-26(30)28(27(31)15-21)36-18-20-6-9-22-4-2-3-5-23(22)12-20/h2-15H,17-18H2,1H3,(H,33,34)/b24-13-. The van der Waals surface area contributed by atoms with Crippen LogP contribution < -0.4 is 14.8 Å². The van der Waals surface area contributed by atoms with Gasteiger partial charge in [0.05, 0.1) is 14.3 Å². The molecule has 0 fully saturated rings. The molecule has 0 aliphatic heterocycles. The number of carbonyl (C=O) groups is 1. The molecule has 0 atom stereocenters. The molecule has 0 bridgehead atoms. The number of hydrogen-bond donors (Lipinski definition) is 1. The number of rotatable bonds is 8. The van der Waals surface area contributed by atoms with Crippen molar-refractivity contribution in [2.24, 2.45) is 0 Å². The number of fused-ring (bicyclic) bond motifs is 1. The van der Waals surface area contributed by atoms with Gasteiger partial charge >= 0.3 is 0 Å². The SMILES string of the molecule is COc1ccc(CNC(=O)/C(C#N)=C\c2cc(I)c(OCc3ccc4ccccc4c3)c(I)c2)cc1. The monoisotopic (exact) mass is 700 g/mol. The Morgan fingerprint density at radius 1 is 0.944 bits per heavy atom. The lowest BCUT2D eigenvalue weighted by Gasteiger charge is -2.12. The fourth-order valence-electron chi connectivity index (χ4n) is 3.62. The van der Waals surface area contributed by atoms with E-state index >= 15 is 0 Å². The van der Waals surface area contributed by atoms with Gasteiger partial charge in [-0.25, -0.2) is 0 Å². The summed E-state index contributed by atoms with van der Waals surface area (Å²) in [6.45, 7) is 0.766. The Kier molecular flexibility index (Phi) is 8.83. The molecule has 36 heavy (non-hydrogen) atoms. The van der Waals surface area contributed by atoms with Crippen LogP contribution in [-0.4, -0.2) is 13.0 Å². The Labute approximate surface area is 237 Å². The van der Waals surface area contributed by atoms with Gasteiger partial charge in [0.15, 0.2) is 0 Å². The van der Waals surface area contributed by atoms with Crippen molar-refractivity contribution in [2.45, 2.75) is 13.2 Å². The van der Waals surface area contributed by atoms with Gasteiger partial charge in [-0.3, -0.25) is 4.79 Å². The van der Waals surface area contributed by atoms with Crippen LogP contribution in [-0.2, 0) is 17.9 Å². The van der Waals surface area contributed by atoms with Crippen molar-refractivity contribution in [2.75, 3.05) is 7.11 Å². The highest BCUT2D eigenvalue weighted by atomic mass is 127. The number of carbonyl (C=O) groups excluding carboxylic acids is 1. The number of benzene rings is 4. The molecule has 5 nitrogen and oxygen atoms in total. The molecule has 0 unspecified atom stereocenters. The highest BCUT2D eigenvalue weighted by Gasteiger charge is 2.13. The lowest BCUT2D eigenvalue weighted by molar-refractivity contribution is -0.117. The van der Waals surface area contributed by atoms with Crippen LogP contribution in [0.1, 0.15) is 16.7 Å². The van der Waals surface area contributed by atoms with E-state index in [1.165, 1.54) is 10.8 Å². The van der Waals surface area contributed by atoms with E-state index in [1.54, 1.807) is 13.2 Å². The van der Waals surface area contributed by atoms with Gasteiger partial charge in [-0.05, 0) is 109 Å². The molecule has 0 aromatic heterocycles. The van der Waals surface area contributed by atoms with Crippen molar-refractivity contribution >= 4 is 67.9 Å². The molecule has 4 rings (SSSR count). The van der Waals surface area contributed by atoms with Crippen LogP contribution >= 0.6 is 45.2 Å². The molecule has 1 amide bonds. The minimum absolute atomic E-state index is 0.0416. The highest BCUT2D eigenvalue weighted by Crippen LogP contribution is 2.31. The maximum Gasteiger partial charge on any atom is 0.262 e. The molecular weight excluding hydrogens is 678 g/mol. The minimum atomic E-state index is -0.421. The van der Waals surface area contributed by atoms with Crippen LogP contribution in [0.4, 0.5) is 0 Å². The Hall–Kier alpha value is -3.10. The van der Waals surface area contributed by atoms with Crippen LogP contribution in [0.25, 0.3) is 16.8 Å². The Morgan fingerprint density at radius 3 is 2.28 bits per heavy atom. The summed E-state index contributed by atoms with van der Waals surface area (Å²) in [7, 11) is 1.60. The van der Waals surface area contributed by atoms with E-state index in [4.69, 9.17) is 9.47 Å². The van der Waals surface area contributed by atoms with E-state index in [1.807, 2.05) is 54.6 Å². The maximum atomic E-state index is 12.6. The topological polar surface area (TPSA) is 71.3 Å². The van der Waals surface area contributed by atoms with Crippen molar-refractivity contribution in [3.05, 3.63) is 108 Å². The molecule has 0 spiro atoms. The average molecular weight is 700 g/mol. The maximum absolute atomic E-state index is 12.6. The van der Waals surface area contributed by atoms with Gasteiger partial charge < -0.3 is 14.8 Å². The van der Waals surface area contributed by atoms with E-state index in [2.05, 4.69) is 80.8 Å². The Morgan fingerprint density at radius 2 is 1.61 bits per heavy atom. The number of halogens is 2. The first-order valence-corrected chi connectivity index (χ1v) is 13.2.